The van der Waals surface area contributed by atoms with Crippen molar-refractivity contribution in [3.05, 3.63) is 99.6 Å². The molecule has 1 unspecified atom stereocenters. The minimum absolute atomic E-state index is 0.0281. The summed E-state index contributed by atoms with van der Waals surface area (Å²) in [6.07, 6.45) is 1.09. The van der Waals surface area contributed by atoms with E-state index in [0.717, 1.165) is 27.8 Å². The van der Waals surface area contributed by atoms with E-state index in [2.05, 4.69) is 17.4 Å². The monoisotopic (exact) mass is 484 g/mol. The van der Waals surface area contributed by atoms with Crippen molar-refractivity contribution in [1.82, 2.24) is 5.32 Å². The van der Waals surface area contributed by atoms with Crippen molar-refractivity contribution in [2.24, 2.45) is 5.41 Å². The van der Waals surface area contributed by atoms with Crippen LogP contribution in [0.4, 0.5) is 10.5 Å². The second-order valence-electron chi connectivity index (χ2n) is 10.2. The molecule has 1 atom stereocenters. The van der Waals surface area contributed by atoms with Gasteiger partial charge < -0.3 is 15.2 Å². The molecule has 0 saturated heterocycles. The number of non-ortho nitro benzene ring substituents is 1. The molecule has 0 aliphatic heterocycles. The molecule has 36 heavy (non-hydrogen) atoms. The number of carbonyl (C=O) groups is 2. The molecule has 2 bridgehead atoms. The number of carboxylic acid groups (broad SMARTS) is 1. The van der Waals surface area contributed by atoms with E-state index in [4.69, 9.17) is 4.74 Å². The molecule has 182 valence electrons. The van der Waals surface area contributed by atoms with Crippen molar-refractivity contribution >= 4 is 17.7 Å². The zero-order valence-electron chi connectivity index (χ0n) is 19.3. The van der Waals surface area contributed by atoms with Gasteiger partial charge in [0.15, 0.2) is 0 Å². The van der Waals surface area contributed by atoms with Crippen LogP contribution in [0.15, 0.2) is 72.8 Å². The first kappa shape index (κ1) is 22.3. The summed E-state index contributed by atoms with van der Waals surface area (Å²) in [4.78, 5) is 35.3. The molecule has 0 radical (unpaired) electrons. The van der Waals surface area contributed by atoms with E-state index in [1.54, 1.807) is 12.1 Å². The van der Waals surface area contributed by atoms with Crippen LogP contribution in [-0.4, -0.2) is 34.7 Å². The summed E-state index contributed by atoms with van der Waals surface area (Å²) < 4.78 is 5.57. The van der Waals surface area contributed by atoms with Crippen LogP contribution in [0, 0.1) is 15.5 Å². The third-order valence-corrected chi connectivity index (χ3v) is 8.23. The van der Waals surface area contributed by atoms with Crippen LogP contribution >= 0.6 is 0 Å². The quantitative estimate of drug-likeness (QED) is 0.360. The number of nitro groups is 1. The lowest BCUT2D eigenvalue weighted by Gasteiger charge is -2.72. The van der Waals surface area contributed by atoms with Crippen LogP contribution in [0.1, 0.15) is 41.9 Å². The number of carbonyl (C=O) groups excluding carboxylic acids is 1. The number of alkyl carbamates (subject to hydrolysis) is 1. The Hall–Kier alpha value is -4.20. The van der Waals surface area contributed by atoms with Crippen LogP contribution in [0.5, 0.6) is 0 Å². The minimum atomic E-state index is -1.08. The van der Waals surface area contributed by atoms with Gasteiger partial charge in [-0.3, -0.25) is 10.1 Å². The molecular weight excluding hydrogens is 460 g/mol. The van der Waals surface area contributed by atoms with Gasteiger partial charge in [-0.1, -0.05) is 60.7 Å². The van der Waals surface area contributed by atoms with Gasteiger partial charge in [0.25, 0.3) is 5.69 Å². The van der Waals surface area contributed by atoms with Crippen molar-refractivity contribution in [3.63, 3.8) is 0 Å². The normalized spacial score (nSPS) is 23.9. The van der Waals surface area contributed by atoms with Gasteiger partial charge in [-0.2, -0.15) is 0 Å². The third kappa shape index (κ3) is 3.28. The Kier molecular flexibility index (Phi) is 4.90. The molecule has 3 saturated carbocycles. The second-order valence-corrected chi connectivity index (χ2v) is 10.2. The van der Waals surface area contributed by atoms with Gasteiger partial charge in [0.05, 0.1) is 4.92 Å². The Morgan fingerprint density at radius 3 is 2.06 bits per heavy atom. The summed E-state index contributed by atoms with van der Waals surface area (Å²) in [5, 5.41) is 23.4. The van der Waals surface area contributed by atoms with E-state index >= 15 is 0 Å². The van der Waals surface area contributed by atoms with Gasteiger partial charge in [-0.25, -0.2) is 9.59 Å². The fourth-order valence-corrected chi connectivity index (χ4v) is 6.65. The number of nitrogens with one attached hydrogen (secondary N) is 1. The summed E-state index contributed by atoms with van der Waals surface area (Å²) in [7, 11) is 0. The molecule has 0 aromatic heterocycles. The first-order valence-corrected chi connectivity index (χ1v) is 11.9. The van der Waals surface area contributed by atoms with Crippen molar-refractivity contribution in [1.29, 1.82) is 0 Å². The lowest BCUT2D eigenvalue weighted by Crippen LogP contribution is -2.73. The number of amides is 1. The van der Waals surface area contributed by atoms with Crippen molar-refractivity contribution in [3.8, 4) is 11.1 Å². The Bertz CT molecular complexity index is 1330. The maximum Gasteiger partial charge on any atom is 0.407 e. The number of hydrogen-bond donors (Lipinski definition) is 2. The molecule has 4 aliphatic carbocycles. The van der Waals surface area contributed by atoms with Gasteiger partial charge in [-0.05, 0) is 52.5 Å². The Morgan fingerprint density at radius 1 is 0.972 bits per heavy atom. The molecular formula is C28H24N2O6. The van der Waals surface area contributed by atoms with Crippen LogP contribution in [-0.2, 0) is 14.9 Å². The minimum Gasteiger partial charge on any atom is -0.480 e. The molecule has 7 rings (SSSR count). The maximum atomic E-state index is 12.7. The van der Waals surface area contributed by atoms with Crippen molar-refractivity contribution in [2.75, 3.05) is 6.61 Å². The number of ether oxygens (including phenoxy) is 1. The predicted molar refractivity (Wildman–Crippen MR) is 131 cm³/mol. The number of carboxylic acids is 1. The standard InChI is InChI=1S/C28H24N2O6/c31-25(32)24(28-14-27(15-28,16-28)17-9-11-18(12-10-17)30(34)35)29-26(33)36-13-23-21-7-3-1-5-19(21)20-6-2-4-8-22(20)23/h1-12,23-24H,13-16H2,(H,29,33)(H,31,32). The molecule has 0 heterocycles. The topological polar surface area (TPSA) is 119 Å². The van der Waals surface area contributed by atoms with E-state index < -0.39 is 28.4 Å². The van der Waals surface area contributed by atoms with Gasteiger partial charge >= 0.3 is 12.1 Å². The number of fused-ring (bicyclic) bond motifs is 3. The van der Waals surface area contributed by atoms with Gasteiger partial charge in [-0.15, -0.1) is 0 Å². The Labute approximate surface area is 207 Å². The largest absolute Gasteiger partial charge is 0.480 e. The number of hydrogen-bond acceptors (Lipinski definition) is 5. The summed E-state index contributed by atoms with van der Waals surface area (Å²) in [5.74, 6) is -1.19. The first-order valence-electron chi connectivity index (χ1n) is 11.9. The molecule has 0 spiro atoms. The number of rotatable bonds is 7. The van der Waals surface area contributed by atoms with Crippen LogP contribution < -0.4 is 5.32 Å². The summed E-state index contributed by atoms with van der Waals surface area (Å²) in [5.41, 5.74) is 4.72. The molecule has 2 N–H and O–H groups in total. The smallest absolute Gasteiger partial charge is 0.407 e. The molecule has 8 nitrogen and oxygen atoms in total. The third-order valence-electron chi connectivity index (χ3n) is 8.23. The van der Waals surface area contributed by atoms with Crippen molar-refractivity contribution < 1.29 is 24.4 Å². The SMILES string of the molecule is O=C(NC(C(=O)O)C12CC(c3ccc([N+](=O)[O-])cc3)(C1)C2)OCC1c2ccccc2-c2ccccc21. The van der Waals surface area contributed by atoms with Crippen LogP contribution in [0.3, 0.4) is 0 Å². The van der Waals surface area contributed by atoms with E-state index in [1.807, 2.05) is 36.4 Å². The molecule has 3 aromatic rings. The van der Waals surface area contributed by atoms with Crippen LogP contribution in [0.25, 0.3) is 11.1 Å². The van der Waals surface area contributed by atoms with Crippen LogP contribution in [0.2, 0.25) is 0 Å². The molecule has 3 aromatic carbocycles. The molecule has 1 amide bonds. The highest BCUT2D eigenvalue weighted by molar-refractivity contribution is 5.82. The molecule has 4 aliphatic rings. The highest BCUT2D eigenvalue weighted by Crippen LogP contribution is 2.75. The highest BCUT2D eigenvalue weighted by atomic mass is 16.6. The predicted octanol–water partition coefficient (Wildman–Crippen LogP) is 5.01. The van der Waals surface area contributed by atoms with E-state index in [0.29, 0.717) is 19.3 Å². The fourth-order valence-electron chi connectivity index (χ4n) is 6.65. The number of aliphatic carboxylic acids is 1. The van der Waals surface area contributed by atoms with E-state index in [-0.39, 0.29) is 23.6 Å². The second kappa shape index (κ2) is 7.91. The zero-order chi connectivity index (χ0) is 25.1. The number of nitrogens with zero attached hydrogens (tertiary/aromatic N) is 1. The zero-order valence-corrected chi connectivity index (χ0v) is 19.3. The summed E-state index contributed by atoms with van der Waals surface area (Å²) in [6, 6.07) is 21.5. The maximum absolute atomic E-state index is 12.7. The van der Waals surface area contributed by atoms with E-state index in [1.165, 1.54) is 12.1 Å². The number of nitro benzene ring substituents is 1. The van der Waals surface area contributed by atoms with Gasteiger partial charge in [0.2, 0.25) is 0 Å². The average Bonchev–Trinajstić information content (AvgIpc) is 3.14. The Balaban J connectivity index is 1.11. The average molecular weight is 485 g/mol. The number of benzene rings is 3. The molecule has 3 fully saturated rings. The summed E-state index contributed by atoms with van der Waals surface area (Å²) in [6.45, 7) is 0.117. The lowest BCUT2D eigenvalue weighted by molar-refractivity contribution is -0.384. The van der Waals surface area contributed by atoms with E-state index in [9.17, 15) is 24.8 Å². The lowest BCUT2D eigenvalue weighted by atomic mass is 9.31. The first-order chi connectivity index (χ1) is 17.3. The van der Waals surface area contributed by atoms with Gasteiger partial charge in [0, 0.05) is 23.5 Å². The van der Waals surface area contributed by atoms with Gasteiger partial charge in [0.1, 0.15) is 12.6 Å². The molecule has 8 heteroatoms. The Morgan fingerprint density at radius 2 is 1.53 bits per heavy atom. The summed E-state index contributed by atoms with van der Waals surface area (Å²) >= 11 is 0. The van der Waals surface area contributed by atoms with Crippen molar-refractivity contribution in [2.45, 2.75) is 36.6 Å². The highest BCUT2D eigenvalue weighted by Gasteiger charge is 2.72. The fraction of sp³-hybridized carbons (Fsp3) is 0.286.